The summed E-state index contributed by atoms with van der Waals surface area (Å²) in [7, 11) is 0. The Morgan fingerprint density at radius 1 is 1.07 bits per heavy atom. The van der Waals surface area contributed by atoms with Crippen molar-refractivity contribution in [2.45, 2.75) is 104 Å². The average Bonchev–Trinajstić information content (AvgIpc) is 3.62. The molecule has 5 rings (SSSR count). The lowest BCUT2D eigenvalue weighted by molar-refractivity contribution is -0.282. The zero-order valence-corrected chi connectivity index (χ0v) is 27.8. The molecule has 42 heavy (non-hydrogen) atoms. The van der Waals surface area contributed by atoms with Gasteiger partial charge in [0.1, 0.15) is 6.10 Å². The number of halogens is 1. The maximum absolute atomic E-state index is 13.1. The molecule has 4 fully saturated rings. The molecule has 0 bridgehead atoms. The smallest absolute Gasteiger partial charge is 0.338 e. The average molecular weight is 644 g/mol. The van der Waals surface area contributed by atoms with Gasteiger partial charge in [-0.3, -0.25) is 0 Å². The van der Waals surface area contributed by atoms with Crippen LogP contribution in [-0.2, 0) is 18.9 Å². The summed E-state index contributed by atoms with van der Waals surface area (Å²) < 4.78 is 25.6. The fourth-order valence-corrected chi connectivity index (χ4v) is 8.10. The maximum Gasteiger partial charge on any atom is 0.338 e. The van der Waals surface area contributed by atoms with Crippen molar-refractivity contribution in [3.05, 3.63) is 69.8 Å². The van der Waals surface area contributed by atoms with E-state index in [2.05, 4.69) is 74.9 Å². The molecule has 6 nitrogen and oxygen atoms in total. The van der Waals surface area contributed by atoms with Crippen LogP contribution in [0.4, 0.5) is 0 Å². The van der Waals surface area contributed by atoms with Gasteiger partial charge in [-0.1, -0.05) is 52.7 Å². The van der Waals surface area contributed by atoms with E-state index in [9.17, 15) is 9.90 Å². The number of carbonyl (C=O) groups is 1. The highest BCUT2D eigenvalue weighted by Gasteiger charge is 2.70. The van der Waals surface area contributed by atoms with Gasteiger partial charge in [-0.2, -0.15) is 0 Å². The summed E-state index contributed by atoms with van der Waals surface area (Å²) in [4.78, 5) is 13.1. The van der Waals surface area contributed by atoms with Gasteiger partial charge < -0.3 is 24.1 Å². The number of hydrogen-bond acceptors (Lipinski definition) is 6. The van der Waals surface area contributed by atoms with E-state index in [1.54, 1.807) is 19.1 Å². The number of fused-ring (bicyclic) bond motifs is 3. The van der Waals surface area contributed by atoms with Crippen LogP contribution in [0.3, 0.4) is 0 Å². The quantitative estimate of drug-likeness (QED) is 0.151. The molecule has 2 aliphatic carbocycles. The molecule has 1 N–H and O–H groups in total. The summed E-state index contributed by atoms with van der Waals surface area (Å²) in [6, 6.07) is 7.14. The highest BCUT2D eigenvalue weighted by atomic mass is 79.9. The van der Waals surface area contributed by atoms with Gasteiger partial charge in [-0.25, -0.2) is 4.79 Å². The van der Waals surface area contributed by atoms with E-state index < -0.39 is 23.5 Å². The standard InChI is InChI=1S/C35H47BrO6/c1-9-20(2)29-25(12-10-11-21(3)30-22(4)19-39-33(5,6)41-30)26-17-28(40-32(37)23-13-15-24(36)16-14-23)34(7,38)18-27(26)31-35(29,8)42-31/h9-16,22,25-31,38H,17-19H2,1-8H3/b12-10+,20-9+,21-11+/t22-,25-,26-,27+,28+,29-,30+,31-,34+,35+/m0/s1. The summed E-state index contributed by atoms with van der Waals surface area (Å²) >= 11 is 3.42. The van der Waals surface area contributed by atoms with Crippen molar-refractivity contribution in [3.63, 3.8) is 0 Å². The first-order valence-corrected chi connectivity index (χ1v) is 16.1. The van der Waals surface area contributed by atoms with Crippen molar-refractivity contribution >= 4 is 21.9 Å². The van der Waals surface area contributed by atoms with E-state index in [-0.39, 0.29) is 47.4 Å². The number of esters is 1. The number of allylic oxidation sites excluding steroid dienone is 4. The Hall–Kier alpha value is -1.77. The second-order valence-electron chi connectivity index (χ2n) is 13.9. The van der Waals surface area contributed by atoms with Crippen LogP contribution in [0.5, 0.6) is 0 Å². The molecule has 1 aromatic rings. The van der Waals surface area contributed by atoms with Gasteiger partial charge in [0.15, 0.2) is 5.79 Å². The van der Waals surface area contributed by atoms with Gasteiger partial charge in [0.25, 0.3) is 0 Å². The van der Waals surface area contributed by atoms with Crippen LogP contribution in [0.25, 0.3) is 0 Å². The molecule has 7 heteroatoms. The molecule has 1 aromatic carbocycles. The number of ether oxygens (including phenoxy) is 4. The largest absolute Gasteiger partial charge is 0.456 e. The molecule has 2 heterocycles. The van der Waals surface area contributed by atoms with Crippen molar-refractivity contribution in [2.24, 2.45) is 29.6 Å². The minimum Gasteiger partial charge on any atom is -0.456 e. The molecule has 0 aromatic heterocycles. The van der Waals surface area contributed by atoms with Gasteiger partial charge in [-0.15, -0.1) is 0 Å². The van der Waals surface area contributed by atoms with Crippen molar-refractivity contribution in [2.75, 3.05) is 6.61 Å². The highest BCUT2D eigenvalue weighted by Crippen LogP contribution is 2.64. The van der Waals surface area contributed by atoms with Crippen molar-refractivity contribution < 1.29 is 28.8 Å². The fourth-order valence-electron chi connectivity index (χ4n) is 7.84. The van der Waals surface area contributed by atoms with Crippen molar-refractivity contribution in [1.29, 1.82) is 0 Å². The van der Waals surface area contributed by atoms with Crippen LogP contribution in [-0.4, -0.2) is 53.0 Å². The number of carbonyl (C=O) groups excluding carboxylic acids is 1. The molecule has 10 atom stereocenters. The van der Waals surface area contributed by atoms with Crippen LogP contribution in [0.15, 0.2) is 64.2 Å². The van der Waals surface area contributed by atoms with Gasteiger partial charge in [0, 0.05) is 16.3 Å². The van der Waals surface area contributed by atoms with Crippen LogP contribution in [0, 0.1) is 29.6 Å². The Morgan fingerprint density at radius 2 is 1.76 bits per heavy atom. The Kier molecular flexibility index (Phi) is 8.76. The summed E-state index contributed by atoms with van der Waals surface area (Å²) in [6.45, 7) is 17.2. The maximum atomic E-state index is 13.1. The number of rotatable bonds is 6. The van der Waals surface area contributed by atoms with Crippen LogP contribution >= 0.6 is 15.9 Å². The van der Waals surface area contributed by atoms with E-state index in [4.69, 9.17) is 18.9 Å². The molecule has 0 unspecified atom stereocenters. The van der Waals surface area contributed by atoms with E-state index in [0.717, 1.165) is 4.47 Å². The topological polar surface area (TPSA) is 77.5 Å². The van der Waals surface area contributed by atoms with Crippen LogP contribution in [0.2, 0.25) is 0 Å². The van der Waals surface area contributed by atoms with Crippen molar-refractivity contribution in [1.82, 2.24) is 0 Å². The SMILES string of the molecule is C/C=C(\C)[C@H]1[C@@H](/C=C/C=C(\C)[C@H]2OC(C)(C)OC[C@@H]2C)[C@@H]2C[C@@H](OC(=O)c3ccc(Br)cc3)[C@](C)(O)C[C@H]2[C@@H]2O[C@@]21C. The normalized spacial score (nSPS) is 41.7. The third-order valence-corrected chi connectivity index (χ3v) is 10.7. The lowest BCUT2D eigenvalue weighted by Crippen LogP contribution is -2.57. The van der Waals surface area contributed by atoms with Gasteiger partial charge >= 0.3 is 5.97 Å². The number of hydrogen-bond donors (Lipinski definition) is 1. The summed E-state index contributed by atoms with van der Waals surface area (Å²) in [5.74, 6) is -0.0235. The Labute approximate surface area is 259 Å². The van der Waals surface area contributed by atoms with Gasteiger partial charge in [0.2, 0.25) is 0 Å². The molecule has 230 valence electrons. The fraction of sp³-hybridized carbons (Fsp3) is 0.629. The first-order chi connectivity index (χ1) is 19.7. The number of aliphatic hydroxyl groups is 1. The summed E-state index contributed by atoms with van der Waals surface area (Å²) in [5.41, 5.74) is 1.53. The predicted molar refractivity (Wildman–Crippen MR) is 167 cm³/mol. The first-order valence-electron chi connectivity index (χ1n) is 15.3. The lowest BCUT2D eigenvalue weighted by atomic mass is 9.54. The zero-order valence-electron chi connectivity index (χ0n) is 26.2. The second-order valence-corrected chi connectivity index (χ2v) is 14.8. The Balaban J connectivity index is 1.43. The highest BCUT2D eigenvalue weighted by molar-refractivity contribution is 9.10. The molecule has 2 saturated carbocycles. The van der Waals surface area contributed by atoms with E-state index in [0.29, 0.717) is 25.0 Å². The molecule has 4 aliphatic rings. The summed E-state index contributed by atoms with van der Waals surface area (Å²) in [6.07, 6.45) is 9.43. The number of benzene rings is 1. The lowest BCUT2D eigenvalue weighted by Gasteiger charge is -2.51. The second kappa shape index (κ2) is 11.6. The predicted octanol–water partition coefficient (Wildman–Crippen LogP) is 7.41. The molecule has 0 spiro atoms. The minimum atomic E-state index is -1.14. The molecular weight excluding hydrogens is 596 g/mol. The zero-order chi connectivity index (χ0) is 30.6. The Morgan fingerprint density at radius 3 is 2.43 bits per heavy atom. The molecule has 0 radical (unpaired) electrons. The molecule has 2 saturated heterocycles. The Bertz CT molecular complexity index is 1260. The van der Waals surface area contributed by atoms with Crippen LogP contribution < -0.4 is 0 Å². The van der Waals surface area contributed by atoms with E-state index in [1.807, 2.05) is 26.0 Å². The first kappa shape index (κ1) is 31.6. The van der Waals surface area contributed by atoms with Crippen molar-refractivity contribution in [3.8, 4) is 0 Å². The van der Waals surface area contributed by atoms with Crippen LogP contribution in [0.1, 0.15) is 78.6 Å². The monoisotopic (exact) mass is 642 g/mol. The molecule has 2 aliphatic heterocycles. The third-order valence-electron chi connectivity index (χ3n) is 10.2. The minimum absolute atomic E-state index is 0.00795. The molecule has 0 amide bonds. The third kappa shape index (κ3) is 6.10. The van der Waals surface area contributed by atoms with Gasteiger partial charge in [0.05, 0.1) is 35.6 Å². The number of epoxide rings is 1. The van der Waals surface area contributed by atoms with Gasteiger partial charge in [-0.05, 0) is 109 Å². The molecular formula is C35H47BrO6. The van der Waals surface area contributed by atoms with E-state index in [1.165, 1.54) is 11.1 Å². The van der Waals surface area contributed by atoms with E-state index >= 15 is 0 Å². The summed E-state index contributed by atoms with van der Waals surface area (Å²) in [5, 5.41) is 11.6.